The number of hydrogen-bond acceptors (Lipinski definition) is 4. The maximum atomic E-state index is 14.2. The van der Waals surface area contributed by atoms with Crippen LogP contribution in [-0.2, 0) is 16.6 Å². The number of nitrogens with one attached hydrogen (secondary N) is 2. The standard InChI is InChI=1S/C18H17F2NO3.C12H16N2O2/c1-10-4-3-5-11(2)17(10)12-6-13(18(20)14(19)7-12)15(21-9-22)8-16(23)24;1-14-8-2-3-10(12(14)16)11(15)13-7-6-9-4-5-9/h3-7,9,15H,8H2,1-2H3,(H,21,22)(H,23,24);2-3,8-9H,4-7H2,1H3,(H,13,15). The van der Waals surface area contributed by atoms with Gasteiger partial charge in [0.15, 0.2) is 11.6 Å². The average molecular weight is 554 g/mol. The van der Waals surface area contributed by atoms with Gasteiger partial charge in [0, 0.05) is 25.4 Å². The molecule has 1 fully saturated rings. The molecule has 3 N–H and O–H groups in total. The van der Waals surface area contributed by atoms with Crippen LogP contribution in [0.5, 0.6) is 0 Å². The van der Waals surface area contributed by atoms with Crippen molar-refractivity contribution in [3.63, 3.8) is 0 Å². The summed E-state index contributed by atoms with van der Waals surface area (Å²) >= 11 is 0. The van der Waals surface area contributed by atoms with Crippen molar-refractivity contribution in [2.75, 3.05) is 6.54 Å². The second-order valence-corrected chi connectivity index (χ2v) is 9.89. The summed E-state index contributed by atoms with van der Waals surface area (Å²) in [7, 11) is 1.64. The van der Waals surface area contributed by atoms with Crippen LogP contribution in [-0.4, -0.2) is 34.5 Å². The third-order valence-electron chi connectivity index (χ3n) is 6.75. The smallest absolute Gasteiger partial charge is 0.305 e. The summed E-state index contributed by atoms with van der Waals surface area (Å²) in [6, 6.07) is 10.1. The van der Waals surface area contributed by atoms with E-state index in [4.69, 9.17) is 5.11 Å². The Morgan fingerprint density at radius 3 is 2.40 bits per heavy atom. The number of carbonyl (C=O) groups is 3. The highest BCUT2D eigenvalue weighted by Gasteiger charge is 2.23. The Morgan fingerprint density at radius 2 is 1.80 bits per heavy atom. The maximum absolute atomic E-state index is 14.2. The number of hydrogen-bond donors (Lipinski definition) is 3. The Morgan fingerprint density at radius 1 is 1.12 bits per heavy atom. The number of benzene rings is 2. The van der Waals surface area contributed by atoms with E-state index in [-0.39, 0.29) is 29.0 Å². The van der Waals surface area contributed by atoms with Crippen molar-refractivity contribution < 1.29 is 28.3 Å². The van der Waals surface area contributed by atoms with Crippen LogP contribution in [0.4, 0.5) is 8.78 Å². The van der Waals surface area contributed by atoms with Gasteiger partial charge in [0.25, 0.3) is 11.5 Å². The molecule has 2 amide bonds. The summed E-state index contributed by atoms with van der Waals surface area (Å²) in [5.41, 5.74) is 2.73. The number of aliphatic carboxylic acids is 1. The summed E-state index contributed by atoms with van der Waals surface area (Å²) < 4.78 is 29.7. The number of rotatable bonds is 10. The summed E-state index contributed by atoms with van der Waals surface area (Å²) in [6.45, 7) is 4.37. The molecule has 0 bridgehead atoms. The van der Waals surface area contributed by atoms with Crippen molar-refractivity contribution in [3.8, 4) is 11.1 Å². The van der Waals surface area contributed by atoms with E-state index in [0.29, 0.717) is 12.1 Å². The van der Waals surface area contributed by atoms with Gasteiger partial charge in [-0.3, -0.25) is 19.2 Å². The zero-order chi connectivity index (χ0) is 29.4. The van der Waals surface area contributed by atoms with Gasteiger partial charge in [0.2, 0.25) is 6.41 Å². The first kappa shape index (κ1) is 30.2. The van der Waals surface area contributed by atoms with Crippen LogP contribution in [0.2, 0.25) is 0 Å². The number of nitrogens with zero attached hydrogens (tertiary/aromatic N) is 1. The lowest BCUT2D eigenvalue weighted by Crippen LogP contribution is -2.32. The molecule has 1 unspecified atom stereocenters. The van der Waals surface area contributed by atoms with Crippen LogP contribution < -0.4 is 16.2 Å². The molecular formula is C30H33F2N3O5. The van der Waals surface area contributed by atoms with E-state index in [1.165, 1.54) is 23.5 Å². The molecule has 10 heteroatoms. The Hall–Kier alpha value is -4.34. The van der Waals surface area contributed by atoms with Crippen LogP contribution in [0.15, 0.2) is 53.5 Å². The number of pyridine rings is 1. The molecule has 1 aliphatic carbocycles. The van der Waals surface area contributed by atoms with E-state index in [1.54, 1.807) is 25.4 Å². The molecule has 4 rings (SSSR count). The fourth-order valence-corrected chi connectivity index (χ4v) is 4.46. The number of halogens is 2. The zero-order valence-corrected chi connectivity index (χ0v) is 22.7. The molecule has 1 saturated carbocycles. The number of carboxylic acid groups (broad SMARTS) is 1. The lowest BCUT2D eigenvalue weighted by molar-refractivity contribution is -0.137. The van der Waals surface area contributed by atoms with E-state index in [0.717, 1.165) is 35.1 Å². The minimum atomic E-state index is -1.23. The molecule has 1 aromatic heterocycles. The van der Waals surface area contributed by atoms with Crippen LogP contribution in [0.3, 0.4) is 0 Å². The monoisotopic (exact) mass is 553 g/mol. The molecule has 212 valence electrons. The predicted octanol–water partition coefficient (Wildman–Crippen LogP) is 4.43. The number of aromatic nitrogens is 1. The topological polar surface area (TPSA) is 118 Å². The highest BCUT2D eigenvalue weighted by atomic mass is 19.2. The van der Waals surface area contributed by atoms with E-state index < -0.39 is 30.1 Å². The molecule has 0 radical (unpaired) electrons. The summed E-state index contributed by atoms with van der Waals surface area (Å²) in [6.07, 6.45) is 4.95. The van der Waals surface area contributed by atoms with Gasteiger partial charge in [-0.05, 0) is 72.7 Å². The summed E-state index contributed by atoms with van der Waals surface area (Å²) in [5.74, 6) is -2.95. The molecule has 0 saturated heterocycles. The number of amides is 2. The summed E-state index contributed by atoms with van der Waals surface area (Å²) in [5, 5.41) is 14.0. The quantitative estimate of drug-likeness (QED) is 0.321. The zero-order valence-electron chi connectivity index (χ0n) is 22.7. The molecule has 0 spiro atoms. The highest BCUT2D eigenvalue weighted by Crippen LogP contribution is 2.33. The third-order valence-corrected chi connectivity index (χ3v) is 6.75. The predicted molar refractivity (Wildman–Crippen MR) is 147 cm³/mol. The first-order chi connectivity index (χ1) is 19.0. The maximum Gasteiger partial charge on any atom is 0.305 e. The van der Waals surface area contributed by atoms with Gasteiger partial charge in [-0.15, -0.1) is 0 Å². The van der Waals surface area contributed by atoms with Gasteiger partial charge in [0.05, 0.1) is 12.5 Å². The lowest BCUT2D eigenvalue weighted by Gasteiger charge is -2.18. The van der Waals surface area contributed by atoms with E-state index in [2.05, 4.69) is 10.6 Å². The van der Waals surface area contributed by atoms with Gasteiger partial charge in [-0.2, -0.15) is 0 Å². The first-order valence-electron chi connectivity index (χ1n) is 12.9. The van der Waals surface area contributed by atoms with Crippen LogP contribution in [0, 0.1) is 31.4 Å². The number of carboxylic acids is 1. The molecule has 2 aromatic carbocycles. The van der Waals surface area contributed by atoms with Crippen molar-refractivity contribution >= 4 is 18.3 Å². The second kappa shape index (κ2) is 13.6. The minimum absolute atomic E-state index is 0.192. The normalized spacial score (nSPS) is 13.0. The van der Waals surface area contributed by atoms with Gasteiger partial charge in [-0.1, -0.05) is 31.0 Å². The van der Waals surface area contributed by atoms with Crippen molar-refractivity contribution in [2.24, 2.45) is 13.0 Å². The molecule has 1 aliphatic rings. The fraction of sp³-hybridized carbons (Fsp3) is 0.333. The van der Waals surface area contributed by atoms with E-state index >= 15 is 0 Å². The first-order valence-corrected chi connectivity index (χ1v) is 12.9. The lowest BCUT2D eigenvalue weighted by atomic mass is 9.92. The van der Waals surface area contributed by atoms with Gasteiger partial charge >= 0.3 is 5.97 Å². The number of aryl methyl sites for hydroxylation is 3. The van der Waals surface area contributed by atoms with E-state index in [1.807, 2.05) is 32.0 Å². The Labute approximate surface area is 231 Å². The minimum Gasteiger partial charge on any atom is -0.481 e. The third kappa shape index (κ3) is 7.84. The van der Waals surface area contributed by atoms with E-state index in [9.17, 15) is 28.0 Å². The fourth-order valence-electron chi connectivity index (χ4n) is 4.46. The van der Waals surface area contributed by atoms with Gasteiger partial charge < -0.3 is 20.3 Å². The van der Waals surface area contributed by atoms with Crippen molar-refractivity contribution in [1.29, 1.82) is 0 Å². The Balaban J connectivity index is 0.000000238. The summed E-state index contributed by atoms with van der Waals surface area (Å²) in [4.78, 5) is 45.0. The van der Waals surface area contributed by atoms with Gasteiger partial charge in [0.1, 0.15) is 5.56 Å². The Kier molecular flexibility index (Phi) is 10.3. The van der Waals surface area contributed by atoms with Crippen LogP contribution in [0.25, 0.3) is 11.1 Å². The molecule has 40 heavy (non-hydrogen) atoms. The molecule has 0 aliphatic heterocycles. The molecule has 1 atom stereocenters. The van der Waals surface area contributed by atoms with Crippen molar-refractivity contribution in [1.82, 2.24) is 15.2 Å². The van der Waals surface area contributed by atoms with Crippen molar-refractivity contribution in [3.05, 3.63) is 92.9 Å². The van der Waals surface area contributed by atoms with Crippen LogP contribution >= 0.6 is 0 Å². The molecule has 3 aromatic rings. The van der Waals surface area contributed by atoms with Crippen LogP contribution in [0.1, 0.15) is 58.8 Å². The van der Waals surface area contributed by atoms with Gasteiger partial charge in [-0.25, -0.2) is 8.78 Å². The SMILES string of the molecule is Cc1cccc(C)c1-c1cc(F)c(F)c(C(CC(=O)O)NC=O)c1.Cn1cccc(C(=O)NCCC2CC2)c1=O. The number of carbonyl (C=O) groups excluding carboxylic acids is 2. The van der Waals surface area contributed by atoms with Crippen molar-refractivity contribution in [2.45, 2.75) is 45.6 Å². The molecule has 1 heterocycles. The molecular weight excluding hydrogens is 520 g/mol. The Bertz CT molecular complexity index is 1430. The largest absolute Gasteiger partial charge is 0.481 e. The highest BCUT2D eigenvalue weighted by molar-refractivity contribution is 5.93. The average Bonchev–Trinajstić information content (AvgIpc) is 3.72. The molecule has 8 nitrogen and oxygen atoms in total. The second-order valence-electron chi connectivity index (χ2n) is 9.89.